The lowest BCUT2D eigenvalue weighted by atomic mass is 9.95. The first-order valence-electron chi connectivity index (χ1n) is 7.09. The molecule has 5 nitrogen and oxygen atoms in total. The molecular formula is C15H20N4O. The summed E-state index contributed by atoms with van der Waals surface area (Å²) in [5.74, 6) is 0.491. The zero-order valence-electron chi connectivity index (χ0n) is 11.7. The Balaban J connectivity index is 1.83. The number of likely N-dealkylation sites (tertiary alicyclic amines) is 1. The van der Waals surface area contributed by atoms with Crippen molar-refractivity contribution in [2.24, 2.45) is 11.7 Å². The van der Waals surface area contributed by atoms with Gasteiger partial charge in [-0.15, -0.1) is 0 Å². The van der Waals surface area contributed by atoms with Gasteiger partial charge >= 0.3 is 0 Å². The van der Waals surface area contributed by atoms with Gasteiger partial charge in [0.2, 0.25) is 0 Å². The molecule has 0 saturated carbocycles. The summed E-state index contributed by atoms with van der Waals surface area (Å²) >= 11 is 0. The van der Waals surface area contributed by atoms with Crippen LogP contribution in [-0.2, 0) is 6.54 Å². The van der Waals surface area contributed by atoms with Crippen molar-refractivity contribution in [3.8, 4) is 0 Å². The van der Waals surface area contributed by atoms with Crippen LogP contribution in [0.4, 0.5) is 0 Å². The van der Waals surface area contributed by atoms with Crippen LogP contribution in [-0.4, -0.2) is 33.4 Å². The first-order chi connectivity index (χ1) is 9.63. The van der Waals surface area contributed by atoms with E-state index in [1.54, 1.807) is 16.7 Å². The highest BCUT2D eigenvalue weighted by atomic mass is 16.1. The zero-order chi connectivity index (χ0) is 14.1. The Morgan fingerprint density at radius 2 is 2.30 bits per heavy atom. The van der Waals surface area contributed by atoms with Crippen molar-refractivity contribution in [3.63, 3.8) is 0 Å². The number of aromatic nitrogens is 2. The fourth-order valence-electron chi connectivity index (χ4n) is 2.81. The maximum Gasteiger partial charge on any atom is 0.258 e. The first-order valence-corrected chi connectivity index (χ1v) is 7.09. The highest BCUT2D eigenvalue weighted by molar-refractivity contribution is 5.37. The summed E-state index contributed by atoms with van der Waals surface area (Å²) < 4.78 is 1.57. The molecule has 5 heteroatoms. The summed E-state index contributed by atoms with van der Waals surface area (Å²) in [6.45, 7) is 4.84. The Labute approximate surface area is 118 Å². The number of rotatable bonds is 2. The van der Waals surface area contributed by atoms with Crippen LogP contribution in [0.1, 0.15) is 19.0 Å². The van der Waals surface area contributed by atoms with E-state index in [2.05, 4.69) is 16.8 Å². The quantitative estimate of drug-likeness (QED) is 0.881. The van der Waals surface area contributed by atoms with E-state index in [0.717, 1.165) is 31.7 Å². The highest BCUT2D eigenvalue weighted by Gasteiger charge is 2.23. The minimum absolute atomic E-state index is 0.0210. The van der Waals surface area contributed by atoms with Gasteiger partial charge in [-0.25, -0.2) is 4.98 Å². The van der Waals surface area contributed by atoms with Crippen molar-refractivity contribution < 1.29 is 0 Å². The van der Waals surface area contributed by atoms with E-state index in [1.807, 2.05) is 18.2 Å². The molecule has 106 valence electrons. The lowest BCUT2D eigenvalue weighted by molar-refractivity contribution is 0.156. The molecule has 2 atom stereocenters. The second-order valence-corrected chi connectivity index (χ2v) is 5.68. The molecule has 0 aromatic carbocycles. The van der Waals surface area contributed by atoms with Crippen LogP contribution in [0.5, 0.6) is 0 Å². The van der Waals surface area contributed by atoms with Gasteiger partial charge in [-0.2, -0.15) is 0 Å². The van der Waals surface area contributed by atoms with Crippen LogP contribution in [0.15, 0.2) is 35.3 Å². The fraction of sp³-hybridized carbons (Fsp3) is 0.467. The van der Waals surface area contributed by atoms with E-state index in [4.69, 9.17) is 5.73 Å². The molecule has 1 saturated heterocycles. The maximum absolute atomic E-state index is 12.0. The van der Waals surface area contributed by atoms with Gasteiger partial charge in [0.05, 0.1) is 5.69 Å². The Morgan fingerprint density at radius 1 is 1.45 bits per heavy atom. The number of nitrogens with zero attached hydrogens (tertiary/aromatic N) is 3. The molecule has 0 radical (unpaired) electrons. The van der Waals surface area contributed by atoms with E-state index in [-0.39, 0.29) is 5.56 Å². The molecule has 1 aliphatic rings. The van der Waals surface area contributed by atoms with E-state index < -0.39 is 0 Å². The van der Waals surface area contributed by atoms with E-state index in [1.165, 1.54) is 0 Å². The zero-order valence-corrected chi connectivity index (χ0v) is 11.7. The smallest absolute Gasteiger partial charge is 0.258 e. The molecule has 20 heavy (non-hydrogen) atoms. The fourth-order valence-corrected chi connectivity index (χ4v) is 2.81. The molecule has 2 N–H and O–H groups in total. The summed E-state index contributed by atoms with van der Waals surface area (Å²) in [6, 6.07) is 7.52. The van der Waals surface area contributed by atoms with Crippen molar-refractivity contribution >= 4 is 5.65 Å². The third kappa shape index (κ3) is 2.59. The normalized spacial score (nSPS) is 24.1. The molecule has 2 aromatic heterocycles. The average molecular weight is 272 g/mol. The second kappa shape index (κ2) is 5.34. The SMILES string of the molecule is CC1CN(Cc2cc(=O)n3ccccc3n2)CCC1N. The molecule has 0 spiro atoms. The number of fused-ring (bicyclic) bond motifs is 1. The van der Waals surface area contributed by atoms with Crippen molar-refractivity contribution in [3.05, 3.63) is 46.5 Å². The lowest BCUT2D eigenvalue weighted by Gasteiger charge is -2.34. The summed E-state index contributed by atoms with van der Waals surface area (Å²) in [7, 11) is 0. The average Bonchev–Trinajstić information content (AvgIpc) is 2.43. The van der Waals surface area contributed by atoms with Gasteiger partial charge in [-0.1, -0.05) is 13.0 Å². The molecule has 3 rings (SSSR count). The number of nitrogens with two attached hydrogens (primary N) is 1. The molecule has 1 aliphatic heterocycles. The van der Waals surface area contributed by atoms with Crippen LogP contribution in [0.3, 0.4) is 0 Å². The standard InChI is InChI=1S/C15H20N4O/c1-11-9-18(7-5-13(11)16)10-12-8-15(20)19-6-3-2-4-14(19)17-12/h2-4,6,8,11,13H,5,7,9-10,16H2,1H3. The van der Waals surface area contributed by atoms with Crippen molar-refractivity contribution in [2.75, 3.05) is 13.1 Å². The maximum atomic E-state index is 12.0. The number of hydrogen-bond donors (Lipinski definition) is 1. The summed E-state index contributed by atoms with van der Waals surface area (Å²) in [4.78, 5) is 18.9. The van der Waals surface area contributed by atoms with E-state index in [9.17, 15) is 4.79 Å². The van der Waals surface area contributed by atoms with Gasteiger partial charge in [0.15, 0.2) is 0 Å². The Bertz CT molecular complexity index is 666. The summed E-state index contributed by atoms with van der Waals surface area (Å²) in [5.41, 5.74) is 7.56. The van der Waals surface area contributed by atoms with Gasteiger partial charge in [-0.05, 0) is 24.5 Å². The summed E-state index contributed by atoms with van der Waals surface area (Å²) in [6.07, 6.45) is 2.75. The van der Waals surface area contributed by atoms with Crippen molar-refractivity contribution in [1.82, 2.24) is 14.3 Å². The van der Waals surface area contributed by atoms with Gasteiger partial charge in [0.25, 0.3) is 5.56 Å². The second-order valence-electron chi connectivity index (χ2n) is 5.68. The minimum Gasteiger partial charge on any atom is -0.327 e. The Morgan fingerprint density at radius 3 is 3.10 bits per heavy atom. The monoisotopic (exact) mass is 272 g/mol. The van der Waals surface area contributed by atoms with Crippen molar-refractivity contribution in [2.45, 2.75) is 25.9 Å². The van der Waals surface area contributed by atoms with Gasteiger partial charge in [0.1, 0.15) is 5.65 Å². The van der Waals surface area contributed by atoms with Crippen LogP contribution < -0.4 is 11.3 Å². The van der Waals surface area contributed by atoms with Gasteiger partial charge < -0.3 is 5.73 Å². The third-order valence-electron chi connectivity index (χ3n) is 4.07. The molecule has 2 unspecified atom stereocenters. The first kappa shape index (κ1) is 13.3. The van der Waals surface area contributed by atoms with Crippen LogP contribution >= 0.6 is 0 Å². The van der Waals surface area contributed by atoms with Crippen LogP contribution in [0, 0.1) is 5.92 Å². The molecule has 1 fully saturated rings. The molecule has 3 heterocycles. The number of pyridine rings is 1. The third-order valence-corrected chi connectivity index (χ3v) is 4.07. The lowest BCUT2D eigenvalue weighted by Crippen LogP contribution is -2.45. The minimum atomic E-state index is -0.0210. The molecule has 0 amide bonds. The topological polar surface area (TPSA) is 63.6 Å². The highest BCUT2D eigenvalue weighted by Crippen LogP contribution is 2.16. The number of hydrogen-bond acceptors (Lipinski definition) is 4. The molecule has 0 aliphatic carbocycles. The van der Waals surface area contributed by atoms with E-state index >= 15 is 0 Å². The largest absolute Gasteiger partial charge is 0.327 e. The predicted octanol–water partition coefficient (Wildman–Crippen LogP) is 0.864. The Kier molecular flexibility index (Phi) is 3.54. The number of piperidine rings is 1. The van der Waals surface area contributed by atoms with E-state index in [0.29, 0.717) is 17.6 Å². The molecule has 2 aromatic rings. The predicted molar refractivity (Wildman–Crippen MR) is 78.5 cm³/mol. The van der Waals surface area contributed by atoms with Gasteiger partial charge in [0, 0.05) is 37.9 Å². The van der Waals surface area contributed by atoms with Crippen LogP contribution in [0.25, 0.3) is 5.65 Å². The van der Waals surface area contributed by atoms with Gasteiger partial charge in [-0.3, -0.25) is 14.1 Å². The molecule has 0 bridgehead atoms. The van der Waals surface area contributed by atoms with Crippen molar-refractivity contribution in [1.29, 1.82) is 0 Å². The molecular weight excluding hydrogens is 252 g/mol. The summed E-state index contributed by atoms with van der Waals surface area (Å²) in [5, 5.41) is 0. The van der Waals surface area contributed by atoms with Crippen LogP contribution in [0.2, 0.25) is 0 Å². The Hall–Kier alpha value is -1.72.